The van der Waals surface area contributed by atoms with Crippen LogP contribution in [0.4, 0.5) is 0 Å². The van der Waals surface area contributed by atoms with Gasteiger partial charge in [-0.15, -0.1) is 12.1 Å². The van der Waals surface area contributed by atoms with E-state index in [1.165, 1.54) is 5.56 Å². The Balaban J connectivity index is 0. The third-order valence-electron chi connectivity index (χ3n) is 1.39. The summed E-state index contributed by atoms with van der Waals surface area (Å²) in [5.74, 6) is 0. The standard InChI is InChI=1S/C9H10.C3H7.U/c1-3-9-7-5-4-6-8(9)2;1-3-2;/h4-7H,1-3H2;3H,1-2H3;/q-2;-1;+3. The second-order valence-corrected chi connectivity index (χ2v) is 2.60. The first-order valence-electron chi connectivity index (χ1n) is 4.19. The average Bonchev–Trinajstić information content (AvgIpc) is 2.07. The zero-order valence-electron chi connectivity index (χ0n) is 8.51. The molecule has 0 N–H and O–H groups in total. The van der Waals surface area contributed by atoms with Gasteiger partial charge < -0.3 is 13.3 Å². The first-order valence-corrected chi connectivity index (χ1v) is 4.19. The number of benzene rings is 1. The topological polar surface area (TPSA) is 0 Å². The van der Waals surface area contributed by atoms with Gasteiger partial charge in [0.25, 0.3) is 0 Å². The van der Waals surface area contributed by atoms with Crippen molar-refractivity contribution in [3.63, 3.8) is 0 Å². The molecular formula is C12H17U. The minimum absolute atomic E-state index is 0. The predicted molar refractivity (Wildman–Crippen MR) is 55.6 cm³/mol. The van der Waals surface area contributed by atoms with Crippen molar-refractivity contribution in [1.29, 1.82) is 0 Å². The second kappa shape index (κ2) is 10.2. The molecule has 0 aliphatic rings. The monoisotopic (exact) mass is 399 g/mol. The van der Waals surface area contributed by atoms with Gasteiger partial charge in [-0.25, -0.2) is 6.42 Å². The fraction of sp³-hybridized carbons (Fsp3) is 0.250. The van der Waals surface area contributed by atoms with E-state index in [0.29, 0.717) is 0 Å². The summed E-state index contributed by atoms with van der Waals surface area (Å²) >= 11 is 0. The normalized spacial score (nSPS) is 7.92. The van der Waals surface area contributed by atoms with Gasteiger partial charge in [0.1, 0.15) is 0 Å². The van der Waals surface area contributed by atoms with Gasteiger partial charge in [0.05, 0.1) is 0 Å². The van der Waals surface area contributed by atoms with Crippen LogP contribution in [0.25, 0.3) is 0 Å². The van der Waals surface area contributed by atoms with Gasteiger partial charge >= 0.3 is 31.1 Å². The van der Waals surface area contributed by atoms with Crippen molar-refractivity contribution in [3.8, 4) is 0 Å². The molecule has 0 unspecified atom stereocenters. The Morgan fingerprint density at radius 1 is 1.23 bits per heavy atom. The Morgan fingerprint density at radius 3 is 2.00 bits per heavy atom. The summed E-state index contributed by atoms with van der Waals surface area (Å²) in [6.07, 6.45) is 2.83. The summed E-state index contributed by atoms with van der Waals surface area (Å²) in [5, 5.41) is 0. The molecule has 0 fully saturated rings. The average molecular weight is 399 g/mol. The van der Waals surface area contributed by atoms with E-state index in [0.717, 1.165) is 12.0 Å². The molecular weight excluding hydrogens is 382 g/mol. The van der Waals surface area contributed by atoms with Crippen LogP contribution in [-0.4, -0.2) is 0 Å². The molecule has 0 aliphatic carbocycles. The van der Waals surface area contributed by atoms with Gasteiger partial charge in [-0.1, -0.05) is 6.07 Å². The molecule has 0 saturated carbocycles. The Labute approximate surface area is 107 Å². The predicted octanol–water partition coefficient (Wildman–Crippen LogP) is 3.48. The van der Waals surface area contributed by atoms with Crippen LogP contribution in [-0.2, 0) is 6.42 Å². The Kier molecular flexibility index (Phi) is 12.3. The molecule has 0 aromatic heterocycles. The van der Waals surface area contributed by atoms with Crippen LogP contribution in [0.15, 0.2) is 24.3 Å². The Bertz CT molecular complexity index is 206. The SMILES string of the molecule is C[CH-]C.[CH2-]Cc1ccccc1[CH2-].[U+3]. The molecule has 1 heteroatoms. The summed E-state index contributed by atoms with van der Waals surface area (Å²) < 4.78 is 0. The molecule has 69 valence electrons. The van der Waals surface area contributed by atoms with Crippen molar-refractivity contribution >= 4 is 0 Å². The van der Waals surface area contributed by atoms with Crippen LogP contribution < -0.4 is 0 Å². The van der Waals surface area contributed by atoms with Crippen molar-refractivity contribution in [2.75, 3.05) is 0 Å². The molecule has 1 aromatic rings. The molecule has 0 heterocycles. The third kappa shape index (κ3) is 7.23. The van der Waals surface area contributed by atoms with Gasteiger partial charge in [-0.05, 0) is 0 Å². The molecule has 0 bridgehead atoms. The van der Waals surface area contributed by atoms with E-state index in [2.05, 4.69) is 19.9 Å². The van der Waals surface area contributed by atoms with Crippen molar-refractivity contribution in [3.05, 3.63) is 55.7 Å². The smallest absolute Gasteiger partial charge is 0.350 e. The number of hydrogen-bond acceptors (Lipinski definition) is 0. The van der Waals surface area contributed by atoms with Crippen molar-refractivity contribution < 1.29 is 31.1 Å². The van der Waals surface area contributed by atoms with Gasteiger partial charge in [-0.3, -0.25) is 0 Å². The molecule has 0 spiro atoms. The fourth-order valence-electron chi connectivity index (χ4n) is 0.801. The summed E-state index contributed by atoms with van der Waals surface area (Å²) in [7, 11) is 0. The Hall–Kier alpha value is 0.142. The molecule has 0 amide bonds. The van der Waals surface area contributed by atoms with Gasteiger partial charge in [-0.2, -0.15) is 38.0 Å². The first-order chi connectivity index (χ1) is 5.76. The molecule has 0 saturated heterocycles. The molecule has 0 aliphatic heterocycles. The quantitative estimate of drug-likeness (QED) is 0.635. The minimum Gasteiger partial charge on any atom is -0.350 e. The second-order valence-electron chi connectivity index (χ2n) is 2.60. The zero-order valence-corrected chi connectivity index (χ0v) is 12.7. The van der Waals surface area contributed by atoms with Crippen LogP contribution >= 0.6 is 0 Å². The summed E-state index contributed by atoms with van der Waals surface area (Å²) in [6.45, 7) is 11.6. The molecule has 1 radical (unpaired) electrons. The molecule has 1 aromatic carbocycles. The summed E-state index contributed by atoms with van der Waals surface area (Å²) in [5.41, 5.74) is 2.32. The largest absolute Gasteiger partial charge is 3.00 e. The maximum atomic E-state index is 3.85. The van der Waals surface area contributed by atoms with Gasteiger partial charge in [0.2, 0.25) is 0 Å². The van der Waals surface area contributed by atoms with Crippen molar-refractivity contribution in [1.82, 2.24) is 0 Å². The van der Waals surface area contributed by atoms with E-state index >= 15 is 0 Å². The Morgan fingerprint density at radius 2 is 1.69 bits per heavy atom. The molecule has 0 nitrogen and oxygen atoms in total. The number of rotatable bonds is 1. The maximum absolute atomic E-state index is 3.85. The van der Waals surface area contributed by atoms with Crippen LogP contribution in [0.2, 0.25) is 0 Å². The molecule has 0 atom stereocenters. The third-order valence-corrected chi connectivity index (χ3v) is 1.39. The van der Waals surface area contributed by atoms with E-state index in [1.54, 1.807) is 0 Å². The fourth-order valence-corrected chi connectivity index (χ4v) is 0.801. The van der Waals surface area contributed by atoms with Gasteiger partial charge in [0.15, 0.2) is 0 Å². The molecule has 13 heavy (non-hydrogen) atoms. The van der Waals surface area contributed by atoms with Crippen LogP contribution in [0.5, 0.6) is 0 Å². The van der Waals surface area contributed by atoms with E-state index in [4.69, 9.17) is 0 Å². The van der Waals surface area contributed by atoms with Crippen LogP contribution in [0.1, 0.15) is 25.0 Å². The van der Waals surface area contributed by atoms with E-state index in [-0.39, 0.29) is 31.1 Å². The maximum Gasteiger partial charge on any atom is 3.00 e. The first kappa shape index (κ1) is 15.6. The van der Waals surface area contributed by atoms with Crippen LogP contribution in [0.3, 0.4) is 0 Å². The minimum atomic E-state index is 0. The van der Waals surface area contributed by atoms with E-state index in [1.807, 2.05) is 38.5 Å². The van der Waals surface area contributed by atoms with Gasteiger partial charge in [0, 0.05) is 0 Å². The summed E-state index contributed by atoms with van der Waals surface area (Å²) in [4.78, 5) is 0. The zero-order chi connectivity index (χ0) is 9.40. The summed E-state index contributed by atoms with van der Waals surface area (Å²) in [6, 6.07) is 8.05. The van der Waals surface area contributed by atoms with E-state index in [9.17, 15) is 0 Å². The van der Waals surface area contributed by atoms with Crippen molar-refractivity contribution in [2.45, 2.75) is 20.3 Å². The van der Waals surface area contributed by atoms with Crippen molar-refractivity contribution in [2.24, 2.45) is 0 Å². The number of hydrogen-bond donors (Lipinski definition) is 0. The molecule has 1 rings (SSSR count). The van der Waals surface area contributed by atoms with E-state index < -0.39 is 0 Å². The van der Waals surface area contributed by atoms with Crippen LogP contribution in [0, 0.1) is 51.4 Å².